The van der Waals surface area contributed by atoms with E-state index in [1.54, 1.807) is 6.08 Å². The van der Waals surface area contributed by atoms with E-state index in [0.717, 1.165) is 12.8 Å². The lowest BCUT2D eigenvalue weighted by Crippen LogP contribution is -2.19. The zero-order chi connectivity index (χ0) is 13.8. The SMILES string of the molecule is C=CC1CC(C=CCCCCC)C2C(=O)OC(=O)C12. The maximum Gasteiger partial charge on any atom is 0.318 e. The second-order valence-electron chi connectivity index (χ2n) is 5.51. The molecule has 1 saturated heterocycles. The molecule has 2 rings (SSSR count). The molecule has 1 aliphatic heterocycles. The Morgan fingerprint density at radius 3 is 2.53 bits per heavy atom. The molecule has 0 aromatic rings. The highest BCUT2D eigenvalue weighted by atomic mass is 16.6. The van der Waals surface area contributed by atoms with Gasteiger partial charge in [-0.25, -0.2) is 0 Å². The molecule has 1 heterocycles. The monoisotopic (exact) mass is 262 g/mol. The molecule has 4 unspecified atom stereocenters. The van der Waals surface area contributed by atoms with Crippen molar-refractivity contribution in [1.82, 2.24) is 0 Å². The van der Waals surface area contributed by atoms with Crippen LogP contribution in [0.4, 0.5) is 0 Å². The van der Waals surface area contributed by atoms with E-state index in [-0.39, 0.29) is 35.6 Å². The fourth-order valence-electron chi connectivity index (χ4n) is 3.24. The lowest BCUT2D eigenvalue weighted by molar-refractivity contribution is -0.154. The highest BCUT2D eigenvalue weighted by Gasteiger charge is 2.55. The fraction of sp³-hybridized carbons (Fsp3) is 0.625. The summed E-state index contributed by atoms with van der Waals surface area (Å²) in [4.78, 5) is 23.4. The first-order valence-electron chi connectivity index (χ1n) is 7.23. The molecule has 3 nitrogen and oxygen atoms in total. The predicted molar refractivity (Wildman–Crippen MR) is 73.2 cm³/mol. The standard InChI is InChI=1S/C16H22O3/c1-3-5-6-7-8-9-12-10-11(4-2)13-14(12)16(18)19-15(13)17/h4,8-9,11-14H,2-3,5-7,10H2,1H3. The molecule has 2 aliphatic rings. The van der Waals surface area contributed by atoms with Crippen molar-refractivity contribution in [3.63, 3.8) is 0 Å². The van der Waals surface area contributed by atoms with Gasteiger partial charge in [0.15, 0.2) is 0 Å². The van der Waals surface area contributed by atoms with Gasteiger partial charge >= 0.3 is 11.9 Å². The Balaban J connectivity index is 2.00. The Bertz CT molecular complexity index is 397. The second-order valence-corrected chi connectivity index (χ2v) is 5.51. The molecule has 1 aliphatic carbocycles. The van der Waals surface area contributed by atoms with Gasteiger partial charge in [0, 0.05) is 0 Å². The molecule has 0 spiro atoms. The quantitative estimate of drug-likeness (QED) is 0.319. The Morgan fingerprint density at radius 2 is 1.89 bits per heavy atom. The van der Waals surface area contributed by atoms with Gasteiger partial charge in [0.05, 0.1) is 11.8 Å². The summed E-state index contributed by atoms with van der Waals surface area (Å²) in [6, 6.07) is 0. The Hall–Kier alpha value is -1.38. The number of esters is 2. The summed E-state index contributed by atoms with van der Waals surface area (Å²) in [5, 5.41) is 0. The van der Waals surface area contributed by atoms with Crippen molar-refractivity contribution in [3.05, 3.63) is 24.8 Å². The average molecular weight is 262 g/mol. The van der Waals surface area contributed by atoms with E-state index in [1.165, 1.54) is 19.3 Å². The van der Waals surface area contributed by atoms with E-state index in [2.05, 4.69) is 25.7 Å². The van der Waals surface area contributed by atoms with E-state index in [9.17, 15) is 9.59 Å². The topological polar surface area (TPSA) is 43.4 Å². The van der Waals surface area contributed by atoms with Crippen molar-refractivity contribution in [2.75, 3.05) is 0 Å². The number of hydrogen-bond acceptors (Lipinski definition) is 3. The zero-order valence-corrected chi connectivity index (χ0v) is 11.5. The van der Waals surface area contributed by atoms with Crippen LogP contribution in [0.3, 0.4) is 0 Å². The first-order valence-corrected chi connectivity index (χ1v) is 7.23. The lowest BCUT2D eigenvalue weighted by atomic mass is 9.89. The summed E-state index contributed by atoms with van der Waals surface area (Å²) >= 11 is 0. The van der Waals surface area contributed by atoms with Crippen LogP contribution in [0.2, 0.25) is 0 Å². The van der Waals surface area contributed by atoms with Crippen LogP contribution in [0.25, 0.3) is 0 Å². The lowest BCUT2D eigenvalue weighted by Gasteiger charge is -2.08. The van der Waals surface area contributed by atoms with Crippen molar-refractivity contribution in [1.29, 1.82) is 0 Å². The molecule has 0 N–H and O–H groups in total. The number of fused-ring (bicyclic) bond motifs is 1. The third-order valence-electron chi connectivity index (χ3n) is 4.26. The van der Waals surface area contributed by atoms with Crippen LogP contribution >= 0.6 is 0 Å². The van der Waals surface area contributed by atoms with Crippen LogP contribution in [-0.4, -0.2) is 11.9 Å². The smallest absolute Gasteiger partial charge is 0.318 e. The highest BCUT2D eigenvalue weighted by Crippen LogP contribution is 2.47. The molecule has 19 heavy (non-hydrogen) atoms. The average Bonchev–Trinajstić information content (AvgIpc) is 2.90. The number of cyclic esters (lactones) is 2. The predicted octanol–water partition coefficient (Wildman–Crippen LogP) is 3.26. The molecule has 0 aromatic carbocycles. The Morgan fingerprint density at radius 1 is 1.21 bits per heavy atom. The Kier molecular flexibility index (Phi) is 4.56. The maximum atomic E-state index is 11.8. The zero-order valence-electron chi connectivity index (χ0n) is 11.5. The van der Waals surface area contributed by atoms with Gasteiger partial charge in [0.25, 0.3) is 0 Å². The van der Waals surface area contributed by atoms with E-state index in [1.807, 2.05) is 0 Å². The van der Waals surface area contributed by atoms with Crippen molar-refractivity contribution < 1.29 is 14.3 Å². The first kappa shape index (κ1) is 14.0. The number of hydrogen-bond donors (Lipinski definition) is 0. The van der Waals surface area contributed by atoms with Gasteiger partial charge in [-0.3, -0.25) is 9.59 Å². The summed E-state index contributed by atoms with van der Waals surface area (Å²) in [6.07, 6.45) is 11.6. The van der Waals surface area contributed by atoms with E-state index in [0.29, 0.717) is 0 Å². The molecule has 3 heteroatoms. The summed E-state index contributed by atoms with van der Waals surface area (Å²) in [7, 11) is 0. The van der Waals surface area contributed by atoms with Crippen molar-refractivity contribution in [2.45, 2.75) is 39.0 Å². The summed E-state index contributed by atoms with van der Waals surface area (Å²) in [5.74, 6) is -1.07. The number of carbonyl (C=O) groups is 2. The van der Waals surface area contributed by atoms with Crippen molar-refractivity contribution in [3.8, 4) is 0 Å². The highest BCUT2D eigenvalue weighted by molar-refractivity contribution is 5.97. The molecule has 0 aromatic heterocycles. The van der Waals surface area contributed by atoms with Gasteiger partial charge < -0.3 is 4.74 Å². The van der Waals surface area contributed by atoms with Crippen LogP contribution in [0.15, 0.2) is 24.8 Å². The van der Waals surface area contributed by atoms with Crippen LogP contribution in [0, 0.1) is 23.7 Å². The third kappa shape index (κ3) is 2.80. The van der Waals surface area contributed by atoms with E-state index < -0.39 is 0 Å². The Labute approximate surface area is 114 Å². The van der Waals surface area contributed by atoms with Crippen LogP contribution in [-0.2, 0) is 14.3 Å². The van der Waals surface area contributed by atoms with E-state index in [4.69, 9.17) is 4.74 Å². The maximum absolute atomic E-state index is 11.8. The molecule has 4 atom stereocenters. The molecule has 0 amide bonds. The summed E-state index contributed by atoms with van der Waals surface area (Å²) in [5.41, 5.74) is 0. The number of carbonyl (C=O) groups excluding carboxylic acids is 2. The van der Waals surface area contributed by atoms with Crippen LogP contribution < -0.4 is 0 Å². The number of rotatable bonds is 6. The first-order chi connectivity index (χ1) is 9.19. The van der Waals surface area contributed by atoms with Gasteiger partial charge in [-0.1, -0.05) is 38.0 Å². The van der Waals surface area contributed by atoms with Gasteiger partial charge in [0.2, 0.25) is 0 Å². The van der Waals surface area contributed by atoms with Crippen LogP contribution in [0.5, 0.6) is 0 Å². The number of unbranched alkanes of at least 4 members (excludes halogenated alkanes) is 3. The minimum absolute atomic E-state index is 0.0780. The molecule has 0 radical (unpaired) electrons. The molecule has 2 fully saturated rings. The summed E-state index contributed by atoms with van der Waals surface area (Å²) in [6.45, 7) is 5.96. The molecular weight excluding hydrogens is 240 g/mol. The normalized spacial score (nSPS) is 33.7. The fourth-order valence-corrected chi connectivity index (χ4v) is 3.24. The molecule has 104 valence electrons. The number of ether oxygens (including phenoxy) is 1. The number of allylic oxidation sites excluding steroid dienone is 3. The van der Waals surface area contributed by atoms with E-state index >= 15 is 0 Å². The van der Waals surface area contributed by atoms with Crippen LogP contribution in [0.1, 0.15) is 39.0 Å². The van der Waals surface area contributed by atoms with Gasteiger partial charge in [-0.15, -0.1) is 6.58 Å². The minimum atomic E-state index is -0.359. The molecular formula is C16H22O3. The summed E-state index contributed by atoms with van der Waals surface area (Å²) < 4.78 is 4.78. The molecule has 0 bridgehead atoms. The third-order valence-corrected chi connectivity index (χ3v) is 4.26. The minimum Gasteiger partial charge on any atom is -0.393 e. The van der Waals surface area contributed by atoms with Gasteiger partial charge in [0.1, 0.15) is 0 Å². The van der Waals surface area contributed by atoms with Crippen molar-refractivity contribution in [2.24, 2.45) is 23.7 Å². The van der Waals surface area contributed by atoms with Crippen molar-refractivity contribution >= 4 is 11.9 Å². The second kappa shape index (κ2) is 6.18. The largest absolute Gasteiger partial charge is 0.393 e. The van der Waals surface area contributed by atoms with Gasteiger partial charge in [-0.2, -0.15) is 0 Å². The van der Waals surface area contributed by atoms with Gasteiger partial charge in [-0.05, 0) is 31.1 Å². The molecule has 1 saturated carbocycles.